The van der Waals surface area contributed by atoms with Crippen molar-refractivity contribution in [2.75, 3.05) is 38.2 Å². The molecule has 0 saturated carbocycles. The molecule has 2 aliphatic rings. The molecule has 0 unspecified atom stereocenters. The van der Waals surface area contributed by atoms with Gasteiger partial charge in [0.25, 0.3) is 0 Å². The predicted molar refractivity (Wildman–Crippen MR) is 104 cm³/mol. The maximum atomic E-state index is 13.0. The molecule has 2 saturated heterocycles. The Kier molecular flexibility index (Phi) is 6.20. The summed E-state index contributed by atoms with van der Waals surface area (Å²) >= 11 is 0. The van der Waals surface area contributed by atoms with Gasteiger partial charge >= 0.3 is 0 Å². The predicted octanol–water partition coefficient (Wildman–Crippen LogP) is 1.86. The Balaban J connectivity index is 1.83. The number of rotatable bonds is 5. The van der Waals surface area contributed by atoms with Crippen molar-refractivity contribution in [3.05, 3.63) is 23.8 Å². The van der Waals surface area contributed by atoms with Crippen LogP contribution in [0.5, 0.6) is 0 Å². The van der Waals surface area contributed by atoms with E-state index in [1.165, 1.54) is 0 Å². The second kappa shape index (κ2) is 8.26. The highest BCUT2D eigenvalue weighted by molar-refractivity contribution is 7.89. The second-order valence-electron chi connectivity index (χ2n) is 7.50. The third-order valence-electron chi connectivity index (χ3n) is 5.70. The van der Waals surface area contributed by atoms with Gasteiger partial charge in [-0.1, -0.05) is 12.5 Å². The summed E-state index contributed by atoms with van der Waals surface area (Å²) in [5, 5.41) is 2.89. The normalized spacial score (nSPS) is 21.0. The number of benzene rings is 1. The minimum Gasteiger partial charge on any atom is -0.381 e. The first kappa shape index (κ1) is 20.3. The number of ether oxygens (including phenoxy) is 1. The molecular formula is C19H29N3O4S. The zero-order chi connectivity index (χ0) is 19.5. The lowest BCUT2D eigenvalue weighted by Crippen LogP contribution is -2.46. The van der Waals surface area contributed by atoms with E-state index in [0.717, 1.165) is 19.3 Å². The number of nitrogens with two attached hydrogens (primary N) is 1. The van der Waals surface area contributed by atoms with Gasteiger partial charge in [-0.3, -0.25) is 4.79 Å². The standard InChI is InChI=1S/C19H29N3O4S/c1-15-5-6-16(21-18(23)19(14-20)7-11-26-12-8-19)13-17(15)27(24,25)22-9-3-2-4-10-22/h5-6,13H,2-4,7-12,14,20H2,1H3,(H,21,23). The highest BCUT2D eigenvalue weighted by atomic mass is 32.2. The van der Waals surface area contributed by atoms with Crippen molar-refractivity contribution in [3.63, 3.8) is 0 Å². The van der Waals surface area contributed by atoms with E-state index in [1.54, 1.807) is 29.4 Å². The second-order valence-corrected chi connectivity index (χ2v) is 9.40. The number of hydrogen-bond acceptors (Lipinski definition) is 5. The Bertz CT molecular complexity index is 782. The molecule has 0 atom stereocenters. The number of aryl methyl sites for hydroxylation is 1. The first-order valence-electron chi connectivity index (χ1n) is 9.59. The van der Waals surface area contributed by atoms with E-state index < -0.39 is 15.4 Å². The van der Waals surface area contributed by atoms with Crippen LogP contribution in [-0.2, 0) is 19.6 Å². The first-order chi connectivity index (χ1) is 12.9. The molecule has 0 spiro atoms. The van der Waals surface area contributed by atoms with Crippen molar-refractivity contribution >= 4 is 21.6 Å². The Hall–Kier alpha value is -1.48. The lowest BCUT2D eigenvalue weighted by molar-refractivity contribution is -0.130. The quantitative estimate of drug-likeness (QED) is 0.792. The van der Waals surface area contributed by atoms with Crippen molar-refractivity contribution in [1.82, 2.24) is 4.31 Å². The topological polar surface area (TPSA) is 102 Å². The third-order valence-corrected chi connectivity index (χ3v) is 7.74. The number of carbonyl (C=O) groups is 1. The van der Waals surface area contributed by atoms with Crippen LogP contribution in [0, 0.1) is 12.3 Å². The maximum Gasteiger partial charge on any atom is 0.243 e. The summed E-state index contributed by atoms with van der Waals surface area (Å²) in [6.45, 7) is 4.14. The number of anilines is 1. The smallest absolute Gasteiger partial charge is 0.243 e. The van der Waals surface area contributed by atoms with Gasteiger partial charge in [0.15, 0.2) is 0 Å². The van der Waals surface area contributed by atoms with Crippen molar-refractivity contribution in [3.8, 4) is 0 Å². The molecule has 8 heteroatoms. The van der Waals surface area contributed by atoms with E-state index in [4.69, 9.17) is 10.5 Å². The van der Waals surface area contributed by atoms with Crippen LogP contribution in [0.4, 0.5) is 5.69 Å². The SMILES string of the molecule is Cc1ccc(NC(=O)C2(CN)CCOCC2)cc1S(=O)(=O)N1CCCCC1. The zero-order valence-electron chi connectivity index (χ0n) is 15.9. The summed E-state index contributed by atoms with van der Waals surface area (Å²) in [6, 6.07) is 5.05. The first-order valence-corrected chi connectivity index (χ1v) is 11.0. The van der Waals surface area contributed by atoms with Gasteiger partial charge in [-0.2, -0.15) is 4.31 Å². The Morgan fingerprint density at radius 3 is 2.52 bits per heavy atom. The van der Waals surface area contributed by atoms with Gasteiger partial charge in [-0.05, 0) is 50.3 Å². The van der Waals surface area contributed by atoms with E-state index in [0.29, 0.717) is 50.4 Å². The number of carbonyl (C=O) groups excluding carboxylic acids is 1. The molecule has 3 rings (SSSR count). The highest BCUT2D eigenvalue weighted by Crippen LogP contribution is 2.32. The molecule has 3 N–H and O–H groups in total. The minimum absolute atomic E-state index is 0.168. The van der Waals surface area contributed by atoms with Gasteiger partial charge in [-0.15, -0.1) is 0 Å². The van der Waals surface area contributed by atoms with Crippen LogP contribution >= 0.6 is 0 Å². The highest BCUT2D eigenvalue weighted by Gasteiger charge is 2.39. The van der Waals surface area contributed by atoms with Crippen molar-refractivity contribution in [2.45, 2.75) is 43.9 Å². The zero-order valence-corrected chi connectivity index (χ0v) is 16.7. The van der Waals surface area contributed by atoms with Crippen LogP contribution in [-0.4, -0.2) is 51.5 Å². The summed E-state index contributed by atoms with van der Waals surface area (Å²) in [6.07, 6.45) is 3.97. The molecule has 1 aromatic rings. The molecule has 27 heavy (non-hydrogen) atoms. The van der Waals surface area contributed by atoms with Gasteiger partial charge in [-0.25, -0.2) is 8.42 Å². The van der Waals surface area contributed by atoms with Crippen LogP contribution in [0.15, 0.2) is 23.1 Å². The molecule has 7 nitrogen and oxygen atoms in total. The maximum absolute atomic E-state index is 13.0. The van der Waals surface area contributed by atoms with E-state index >= 15 is 0 Å². The molecule has 0 radical (unpaired) electrons. The van der Waals surface area contributed by atoms with Crippen molar-refractivity contribution in [2.24, 2.45) is 11.1 Å². The molecule has 2 aliphatic heterocycles. The number of amides is 1. The van der Waals surface area contributed by atoms with Gasteiger partial charge in [0.05, 0.1) is 10.3 Å². The van der Waals surface area contributed by atoms with Crippen LogP contribution in [0.3, 0.4) is 0 Å². The summed E-state index contributed by atoms with van der Waals surface area (Å²) in [4.78, 5) is 13.1. The van der Waals surface area contributed by atoms with Crippen molar-refractivity contribution in [1.29, 1.82) is 0 Å². The number of nitrogens with one attached hydrogen (secondary N) is 1. The molecule has 2 heterocycles. The van der Waals surface area contributed by atoms with E-state index in [1.807, 2.05) is 0 Å². The monoisotopic (exact) mass is 395 g/mol. The molecule has 2 fully saturated rings. The number of piperidine rings is 1. The molecule has 0 aromatic heterocycles. The largest absolute Gasteiger partial charge is 0.381 e. The third kappa shape index (κ3) is 4.18. The fourth-order valence-corrected chi connectivity index (χ4v) is 5.52. The van der Waals surface area contributed by atoms with Gasteiger partial charge < -0.3 is 15.8 Å². The van der Waals surface area contributed by atoms with Crippen LogP contribution in [0.1, 0.15) is 37.7 Å². The van der Waals surface area contributed by atoms with Crippen LogP contribution in [0.2, 0.25) is 0 Å². The fraction of sp³-hybridized carbons (Fsp3) is 0.632. The average molecular weight is 396 g/mol. The van der Waals surface area contributed by atoms with E-state index in [-0.39, 0.29) is 17.3 Å². The molecule has 150 valence electrons. The lowest BCUT2D eigenvalue weighted by Gasteiger charge is -2.34. The molecule has 1 aromatic carbocycles. The number of nitrogens with zero attached hydrogens (tertiary/aromatic N) is 1. The Morgan fingerprint density at radius 2 is 1.89 bits per heavy atom. The van der Waals surface area contributed by atoms with Gasteiger partial charge in [0.2, 0.25) is 15.9 Å². The van der Waals surface area contributed by atoms with Crippen molar-refractivity contribution < 1.29 is 17.9 Å². The molecule has 0 bridgehead atoms. The molecule has 0 aliphatic carbocycles. The van der Waals surface area contributed by atoms with E-state index in [9.17, 15) is 13.2 Å². The van der Waals surface area contributed by atoms with Crippen LogP contribution in [0.25, 0.3) is 0 Å². The fourth-order valence-electron chi connectivity index (χ4n) is 3.75. The number of sulfonamides is 1. The summed E-state index contributed by atoms with van der Waals surface area (Å²) in [5.41, 5.74) is 6.40. The van der Waals surface area contributed by atoms with Gasteiger partial charge in [0.1, 0.15) is 0 Å². The Morgan fingerprint density at radius 1 is 1.22 bits per heavy atom. The lowest BCUT2D eigenvalue weighted by atomic mass is 9.79. The average Bonchev–Trinajstić information content (AvgIpc) is 2.70. The van der Waals surface area contributed by atoms with E-state index in [2.05, 4.69) is 5.32 Å². The summed E-state index contributed by atoms with van der Waals surface area (Å²) in [7, 11) is -3.56. The minimum atomic E-state index is -3.56. The molecular weight excluding hydrogens is 366 g/mol. The summed E-state index contributed by atoms with van der Waals surface area (Å²) in [5.74, 6) is -0.168. The Labute approximate surface area is 161 Å². The molecule has 1 amide bonds. The summed E-state index contributed by atoms with van der Waals surface area (Å²) < 4.78 is 33.0. The number of hydrogen-bond donors (Lipinski definition) is 2. The van der Waals surface area contributed by atoms with Crippen LogP contribution < -0.4 is 11.1 Å². The van der Waals surface area contributed by atoms with Gasteiger partial charge in [0, 0.05) is 38.5 Å².